The topological polar surface area (TPSA) is 33.7 Å². The Hall–Kier alpha value is -1.52. The minimum atomic E-state index is -0.164. The third-order valence-electron chi connectivity index (χ3n) is 4.70. The summed E-state index contributed by atoms with van der Waals surface area (Å²) in [4.78, 5) is 8.39. The zero-order valence-corrected chi connectivity index (χ0v) is 11.5. The molecule has 1 atom stereocenters. The monoisotopic (exact) mass is 272 g/mol. The van der Waals surface area contributed by atoms with Crippen LogP contribution in [0.3, 0.4) is 0 Å². The van der Waals surface area contributed by atoms with E-state index < -0.39 is 0 Å². The van der Waals surface area contributed by atoms with Gasteiger partial charge in [-0.15, -0.1) is 0 Å². The molecule has 1 spiro atoms. The smallest absolute Gasteiger partial charge is 0.210 e. The highest BCUT2D eigenvalue weighted by atomic mass is 16.7. The molecule has 3 fully saturated rings. The van der Waals surface area contributed by atoms with E-state index in [1.165, 1.54) is 31.5 Å². The van der Waals surface area contributed by atoms with Crippen molar-refractivity contribution in [1.29, 1.82) is 0 Å². The molecule has 1 aromatic rings. The molecule has 20 heavy (non-hydrogen) atoms. The van der Waals surface area contributed by atoms with Gasteiger partial charge in [-0.05, 0) is 37.4 Å². The zero-order valence-electron chi connectivity index (χ0n) is 11.5. The second-order valence-corrected chi connectivity index (χ2v) is 5.99. The molecule has 1 N–H and O–H groups in total. The molecule has 106 valence electrons. The average Bonchev–Trinajstić information content (AvgIpc) is 2.90. The quantitative estimate of drug-likeness (QED) is 0.913. The van der Waals surface area contributed by atoms with Crippen LogP contribution in [0.4, 0.5) is 0 Å². The van der Waals surface area contributed by atoms with E-state index in [0.717, 1.165) is 12.4 Å². The van der Waals surface area contributed by atoms with Gasteiger partial charge in [0.05, 0.1) is 0 Å². The van der Waals surface area contributed by atoms with Gasteiger partial charge >= 0.3 is 0 Å². The van der Waals surface area contributed by atoms with Crippen molar-refractivity contribution in [3.8, 4) is 0 Å². The Bertz CT molecular complexity index is 508. The van der Waals surface area contributed by atoms with Gasteiger partial charge in [-0.2, -0.15) is 0 Å². The Morgan fingerprint density at radius 2 is 2.05 bits per heavy atom. The second-order valence-electron chi connectivity index (χ2n) is 5.99. The van der Waals surface area contributed by atoms with E-state index in [1.807, 2.05) is 18.2 Å². The molecule has 4 heteroatoms. The van der Waals surface area contributed by atoms with Gasteiger partial charge in [0, 0.05) is 12.6 Å². The predicted molar refractivity (Wildman–Crippen MR) is 75.4 cm³/mol. The van der Waals surface area contributed by atoms with Crippen molar-refractivity contribution < 1.29 is 9.57 Å². The molecule has 0 aromatic heterocycles. The van der Waals surface area contributed by atoms with E-state index in [1.54, 1.807) is 0 Å². The maximum Gasteiger partial charge on any atom is 0.210 e. The maximum absolute atomic E-state index is 5.91. The molecule has 4 nitrogen and oxygen atoms in total. The number of nitrogens with zero attached hydrogens (tertiary/aromatic N) is 1. The van der Waals surface area contributed by atoms with Gasteiger partial charge < -0.3 is 4.74 Å². The highest BCUT2D eigenvalue weighted by Crippen LogP contribution is 2.41. The highest BCUT2D eigenvalue weighted by molar-refractivity contribution is 5.18. The number of ether oxygens (including phenoxy) is 1. The van der Waals surface area contributed by atoms with Crippen LogP contribution in [0.5, 0.6) is 0 Å². The van der Waals surface area contributed by atoms with Crippen LogP contribution in [-0.2, 0) is 16.2 Å². The standard InChI is InChI=1S/C16H20N2O2/c1-2-4-13(5-3-1)11-19-15-10-16(20-17-15)12-18-8-6-14(16)7-9-18/h1-5,10,14,17H,6-9,11-12H2. The van der Waals surface area contributed by atoms with Gasteiger partial charge in [-0.25, -0.2) is 5.48 Å². The van der Waals surface area contributed by atoms with Gasteiger partial charge in [0.15, 0.2) is 0 Å². The molecule has 3 saturated heterocycles. The molecule has 4 heterocycles. The molecule has 0 amide bonds. The fraction of sp³-hybridized carbons (Fsp3) is 0.500. The van der Waals surface area contributed by atoms with E-state index >= 15 is 0 Å². The summed E-state index contributed by atoms with van der Waals surface area (Å²) in [5, 5.41) is 0. The largest absolute Gasteiger partial charge is 0.473 e. The van der Waals surface area contributed by atoms with Crippen LogP contribution in [0, 0.1) is 5.92 Å². The van der Waals surface area contributed by atoms with Crippen LogP contribution in [0.2, 0.25) is 0 Å². The van der Waals surface area contributed by atoms with Crippen molar-refractivity contribution >= 4 is 0 Å². The van der Waals surface area contributed by atoms with Crippen LogP contribution in [-0.4, -0.2) is 30.1 Å². The van der Waals surface area contributed by atoms with Crippen molar-refractivity contribution in [3.05, 3.63) is 47.9 Å². The van der Waals surface area contributed by atoms with Crippen molar-refractivity contribution in [1.82, 2.24) is 10.4 Å². The average molecular weight is 272 g/mol. The Labute approximate surface area is 119 Å². The van der Waals surface area contributed by atoms with Gasteiger partial charge in [0.25, 0.3) is 0 Å². The van der Waals surface area contributed by atoms with Crippen molar-refractivity contribution in [2.24, 2.45) is 5.92 Å². The van der Waals surface area contributed by atoms with Crippen LogP contribution in [0.25, 0.3) is 0 Å². The summed E-state index contributed by atoms with van der Waals surface area (Å²) in [6, 6.07) is 10.2. The normalized spacial score (nSPS) is 34.9. The molecule has 5 rings (SSSR count). The number of piperidine rings is 3. The molecule has 2 bridgehead atoms. The number of hydrogen-bond donors (Lipinski definition) is 1. The van der Waals surface area contributed by atoms with Crippen molar-refractivity contribution in [2.45, 2.75) is 25.0 Å². The molecular formula is C16H20N2O2. The molecular weight excluding hydrogens is 252 g/mol. The van der Waals surface area contributed by atoms with Gasteiger partial charge in [0.2, 0.25) is 5.88 Å². The van der Waals surface area contributed by atoms with E-state index in [4.69, 9.17) is 9.57 Å². The van der Waals surface area contributed by atoms with Crippen LogP contribution >= 0.6 is 0 Å². The first kappa shape index (κ1) is 12.2. The van der Waals surface area contributed by atoms with Gasteiger partial charge in [-0.3, -0.25) is 9.74 Å². The minimum Gasteiger partial charge on any atom is -0.473 e. The van der Waals surface area contributed by atoms with Gasteiger partial charge in [-0.1, -0.05) is 30.3 Å². The van der Waals surface area contributed by atoms with Crippen molar-refractivity contribution in [3.63, 3.8) is 0 Å². The number of fused-ring (bicyclic) bond motifs is 2. The fourth-order valence-electron chi connectivity index (χ4n) is 3.57. The van der Waals surface area contributed by atoms with Crippen LogP contribution in [0.1, 0.15) is 18.4 Å². The maximum atomic E-state index is 5.91. The lowest BCUT2D eigenvalue weighted by Crippen LogP contribution is -2.58. The fourth-order valence-corrected chi connectivity index (χ4v) is 3.57. The second kappa shape index (κ2) is 4.79. The third-order valence-corrected chi connectivity index (χ3v) is 4.70. The molecule has 1 aromatic carbocycles. The van der Waals surface area contributed by atoms with E-state index in [2.05, 4.69) is 28.6 Å². The Morgan fingerprint density at radius 1 is 1.25 bits per heavy atom. The lowest BCUT2D eigenvalue weighted by Gasteiger charge is -2.48. The number of hydroxylamine groups is 1. The van der Waals surface area contributed by atoms with Crippen LogP contribution < -0.4 is 5.48 Å². The van der Waals surface area contributed by atoms with Crippen molar-refractivity contribution in [2.75, 3.05) is 19.6 Å². The Morgan fingerprint density at radius 3 is 2.75 bits per heavy atom. The summed E-state index contributed by atoms with van der Waals surface area (Å²) in [6.45, 7) is 3.99. The first-order chi connectivity index (χ1) is 9.84. The summed E-state index contributed by atoms with van der Waals surface area (Å²) in [6.07, 6.45) is 4.61. The molecule has 4 aliphatic heterocycles. The van der Waals surface area contributed by atoms with Gasteiger partial charge in [0.1, 0.15) is 12.2 Å². The lowest BCUT2D eigenvalue weighted by molar-refractivity contribution is -0.143. The zero-order chi connectivity index (χ0) is 13.4. The summed E-state index contributed by atoms with van der Waals surface area (Å²) < 4.78 is 5.83. The summed E-state index contributed by atoms with van der Waals surface area (Å²) >= 11 is 0. The Balaban J connectivity index is 1.44. The summed E-state index contributed by atoms with van der Waals surface area (Å²) in [5.41, 5.74) is 3.99. The molecule has 0 aliphatic carbocycles. The highest BCUT2D eigenvalue weighted by Gasteiger charge is 2.50. The lowest BCUT2D eigenvalue weighted by atomic mass is 9.75. The molecule has 0 saturated carbocycles. The first-order valence-electron chi connectivity index (χ1n) is 7.40. The van der Waals surface area contributed by atoms with Crippen LogP contribution in [0.15, 0.2) is 42.3 Å². The third kappa shape index (κ3) is 2.09. The van der Waals surface area contributed by atoms with E-state index in [0.29, 0.717) is 12.5 Å². The molecule has 4 aliphatic rings. The summed E-state index contributed by atoms with van der Waals surface area (Å²) in [7, 11) is 0. The molecule has 0 radical (unpaired) electrons. The summed E-state index contributed by atoms with van der Waals surface area (Å²) in [5.74, 6) is 1.39. The predicted octanol–water partition coefficient (Wildman–Crippen LogP) is 2.04. The minimum absolute atomic E-state index is 0.164. The number of rotatable bonds is 3. The van der Waals surface area contributed by atoms with E-state index in [-0.39, 0.29) is 5.60 Å². The SMILES string of the molecule is C1=C(OCc2ccccc2)NOC12CN1CCC2CC1. The molecule has 1 unspecified atom stereocenters. The first-order valence-corrected chi connectivity index (χ1v) is 7.40. The number of nitrogens with one attached hydrogen (secondary N) is 1. The Kier molecular flexibility index (Phi) is 2.93. The number of hydrogen-bond acceptors (Lipinski definition) is 4. The van der Waals surface area contributed by atoms with E-state index in [9.17, 15) is 0 Å². The number of benzene rings is 1.